The number of hydrogen-bond donors (Lipinski definition) is 1. The summed E-state index contributed by atoms with van der Waals surface area (Å²) in [7, 11) is 1.72. The van der Waals surface area contributed by atoms with Crippen LogP contribution in [0.4, 0.5) is 5.69 Å². The molecule has 1 amide bonds. The molecule has 0 aliphatic carbocycles. The first-order chi connectivity index (χ1) is 14.6. The number of carbonyl (C=O) groups is 1. The van der Waals surface area contributed by atoms with Crippen LogP contribution in [0, 0.1) is 10.1 Å². The van der Waals surface area contributed by atoms with E-state index in [-0.39, 0.29) is 30.0 Å². The molecular weight excluding hydrogens is 402 g/mol. The van der Waals surface area contributed by atoms with Crippen molar-refractivity contribution in [1.82, 2.24) is 9.88 Å². The molecule has 152 valence electrons. The van der Waals surface area contributed by atoms with Crippen molar-refractivity contribution in [2.75, 3.05) is 13.7 Å². The summed E-state index contributed by atoms with van der Waals surface area (Å²) in [6.07, 6.45) is 1.92. The number of carbonyl (C=O) groups excluding carboxylic acids is 1. The molecule has 30 heavy (non-hydrogen) atoms. The lowest BCUT2D eigenvalue weighted by atomic mass is 10.0. The zero-order valence-electron chi connectivity index (χ0n) is 16.1. The van der Waals surface area contributed by atoms with E-state index in [1.165, 1.54) is 12.1 Å². The number of benzene rings is 2. The van der Waals surface area contributed by atoms with Gasteiger partial charge >= 0.3 is 5.69 Å². The number of nitro benzene ring substituents is 1. The highest BCUT2D eigenvalue weighted by Crippen LogP contribution is 2.35. The monoisotopic (exact) mass is 421 g/mol. The van der Waals surface area contributed by atoms with Crippen LogP contribution in [0.15, 0.2) is 72.2 Å². The van der Waals surface area contributed by atoms with Crippen molar-refractivity contribution in [2.45, 2.75) is 6.04 Å². The van der Waals surface area contributed by atoms with Gasteiger partial charge in [-0.05, 0) is 23.6 Å². The van der Waals surface area contributed by atoms with Crippen LogP contribution < -0.4 is 4.74 Å². The summed E-state index contributed by atoms with van der Waals surface area (Å²) in [4.78, 5) is 29.5. The lowest BCUT2D eigenvalue weighted by molar-refractivity contribution is -0.385. The van der Waals surface area contributed by atoms with Gasteiger partial charge in [-0.25, -0.2) is 0 Å². The Morgan fingerprint density at radius 1 is 1.17 bits per heavy atom. The zero-order chi connectivity index (χ0) is 21.1. The first kappa shape index (κ1) is 19.7. The third-order valence-electron chi connectivity index (χ3n) is 4.92. The third kappa shape index (κ3) is 3.77. The molecule has 0 spiro atoms. The fourth-order valence-electron chi connectivity index (χ4n) is 3.44. The number of fused-ring (bicyclic) bond motifs is 1. The van der Waals surface area contributed by atoms with Crippen LogP contribution in [0.2, 0.25) is 0 Å². The number of H-pyrrole nitrogens is 1. The number of likely N-dealkylation sites (N-methyl/N-ethyl adjacent to an activating group) is 1. The van der Waals surface area contributed by atoms with Crippen molar-refractivity contribution in [3.05, 3.63) is 92.8 Å². The average molecular weight is 421 g/mol. The van der Waals surface area contributed by atoms with Gasteiger partial charge < -0.3 is 14.6 Å². The lowest BCUT2D eigenvalue weighted by Gasteiger charge is -2.27. The topological polar surface area (TPSA) is 88.5 Å². The van der Waals surface area contributed by atoms with Crippen molar-refractivity contribution in [2.24, 2.45) is 0 Å². The molecule has 0 unspecified atom stereocenters. The summed E-state index contributed by atoms with van der Waals surface area (Å²) < 4.78 is 5.52. The molecule has 7 nitrogen and oxygen atoms in total. The minimum atomic E-state index is -0.524. The highest BCUT2D eigenvalue weighted by molar-refractivity contribution is 7.10. The quantitative estimate of drug-likeness (QED) is 0.344. The van der Waals surface area contributed by atoms with Gasteiger partial charge in [0.1, 0.15) is 0 Å². The average Bonchev–Trinajstić information content (AvgIpc) is 3.43. The van der Waals surface area contributed by atoms with Gasteiger partial charge in [-0.2, -0.15) is 0 Å². The van der Waals surface area contributed by atoms with E-state index in [2.05, 4.69) is 4.98 Å². The molecule has 4 aromatic rings. The van der Waals surface area contributed by atoms with E-state index in [9.17, 15) is 14.9 Å². The number of nitro groups is 1. The van der Waals surface area contributed by atoms with Gasteiger partial charge in [-0.3, -0.25) is 14.9 Å². The summed E-state index contributed by atoms with van der Waals surface area (Å²) in [5.41, 5.74) is 1.81. The molecule has 8 heteroatoms. The second-order valence-electron chi connectivity index (χ2n) is 6.73. The van der Waals surface area contributed by atoms with Crippen molar-refractivity contribution >= 4 is 33.8 Å². The summed E-state index contributed by atoms with van der Waals surface area (Å²) in [6.45, 7) is -0.300. The van der Waals surface area contributed by atoms with Crippen molar-refractivity contribution in [3.8, 4) is 5.75 Å². The molecule has 0 saturated carbocycles. The van der Waals surface area contributed by atoms with Gasteiger partial charge in [0.15, 0.2) is 12.4 Å². The smallest absolute Gasteiger partial charge is 0.310 e. The molecule has 0 radical (unpaired) electrons. The van der Waals surface area contributed by atoms with Crippen molar-refractivity contribution in [1.29, 1.82) is 0 Å². The Bertz CT molecular complexity index is 1190. The largest absolute Gasteiger partial charge is 0.477 e. The normalized spacial score (nSPS) is 11.9. The predicted octanol–water partition coefficient (Wildman–Crippen LogP) is 4.76. The van der Waals surface area contributed by atoms with Gasteiger partial charge in [0.25, 0.3) is 5.91 Å². The number of nitrogens with one attached hydrogen (secondary N) is 1. The van der Waals surface area contributed by atoms with Crippen molar-refractivity contribution in [3.63, 3.8) is 0 Å². The summed E-state index contributed by atoms with van der Waals surface area (Å²) >= 11 is 1.57. The highest BCUT2D eigenvalue weighted by Gasteiger charge is 2.27. The summed E-state index contributed by atoms with van der Waals surface area (Å²) in [5, 5.41) is 14.2. The number of nitrogens with zero attached hydrogens (tertiary/aromatic N) is 2. The van der Waals surface area contributed by atoms with Gasteiger partial charge in [0.05, 0.1) is 11.0 Å². The van der Waals surface area contributed by atoms with Crippen molar-refractivity contribution < 1.29 is 14.5 Å². The minimum Gasteiger partial charge on any atom is -0.477 e. The molecular formula is C22H19N3O4S. The number of para-hydroxylation sites is 3. The predicted molar refractivity (Wildman–Crippen MR) is 116 cm³/mol. The van der Waals surface area contributed by atoms with E-state index in [0.29, 0.717) is 0 Å². The molecule has 1 N–H and O–H groups in total. The first-order valence-corrected chi connectivity index (χ1v) is 10.2. The molecule has 0 aliphatic rings. The van der Waals surface area contributed by atoms with E-state index in [0.717, 1.165) is 21.3 Å². The zero-order valence-corrected chi connectivity index (χ0v) is 17.0. The van der Waals surface area contributed by atoms with E-state index >= 15 is 0 Å². The standard InChI is InChI=1S/C22H19N3O4S/c1-24(21(26)14-29-19-10-5-4-9-18(19)25(27)28)22(20-11-6-12-30-20)16-13-23-17-8-3-2-7-15(16)17/h2-13,22-23H,14H2,1H3/t22-/m1/s1. The maximum absolute atomic E-state index is 13.0. The van der Waals surface area contributed by atoms with Gasteiger partial charge in [-0.15, -0.1) is 11.3 Å². The number of hydrogen-bond acceptors (Lipinski definition) is 5. The van der Waals surface area contributed by atoms with Gasteiger partial charge in [0, 0.05) is 40.7 Å². The van der Waals surface area contributed by atoms with E-state index in [4.69, 9.17) is 4.74 Å². The lowest BCUT2D eigenvalue weighted by Crippen LogP contribution is -2.35. The third-order valence-corrected chi connectivity index (χ3v) is 5.85. The number of aromatic amines is 1. The Kier molecular flexibility index (Phi) is 5.49. The molecule has 4 rings (SSSR count). The van der Waals surface area contributed by atoms with Gasteiger partial charge in [-0.1, -0.05) is 36.4 Å². The second-order valence-corrected chi connectivity index (χ2v) is 7.70. The Hall–Kier alpha value is -3.65. The Balaban J connectivity index is 1.61. The fourth-order valence-corrected chi connectivity index (χ4v) is 4.32. The molecule has 2 heterocycles. The van der Waals surface area contributed by atoms with Crippen LogP contribution in [0.25, 0.3) is 10.9 Å². The number of aromatic nitrogens is 1. The minimum absolute atomic E-state index is 0.0732. The van der Waals surface area contributed by atoms with E-state index in [1.54, 1.807) is 35.4 Å². The molecule has 2 aromatic heterocycles. The molecule has 1 atom stereocenters. The summed E-state index contributed by atoms with van der Waals surface area (Å²) in [6, 6.07) is 17.6. The van der Waals surface area contributed by atoms with Crippen LogP contribution >= 0.6 is 11.3 Å². The van der Waals surface area contributed by atoms with Crippen LogP contribution in [-0.2, 0) is 4.79 Å². The summed E-state index contributed by atoms with van der Waals surface area (Å²) in [5.74, 6) is -0.208. The van der Waals surface area contributed by atoms with E-state index in [1.807, 2.05) is 48.0 Å². The molecule has 0 saturated heterocycles. The Morgan fingerprint density at radius 2 is 1.93 bits per heavy atom. The number of ether oxygens (including phenoxy) is 1. The molecule has 0 fully saturated rings. The van der Waals surface area contributed by atoms with E-state index < -0.39 is 4.92 Å². The van der Waals surface area contributed by atoms with Crippen LogP contribution in [-0.4, -0.2) is 34.4 Å². The Morgan fingerprint density at radius 3 is 2.70 bits per heavy atom. The maximum atomic E-state index is 13.0. The first-order valence-electron chi connectivity index (χ1n) is 9.27. The molecule has 0 aliphatic heterocycles. The van der Waals surface area contributed by atoms with Crippen LogP contribution in [0.5, 0.6) is 5.75 Å². The highest BCUT2D eigenvalue weighted by atomic mass is 32.1. The number of rotatable bonds is 7. The molecule has 0 bridgehead atoms. The van der Waals surface area contributed by atoms with Crippen LogP contribution in [0.3, 0.4) is 0 Å². The fraction of sp³-hybridized carbons (Fsp3) is 0.136. The molecule has 2 aromatic carbocycles. The Labute approximate surface area is 176 Å². The second kappa shape index (κ2) is 8.38. The van der Waals surface area contributed by atoms with Crippen LogP contribution in [0.1, 0.15) is 16.5 Å². The van der Waals surface area contributed by atoms with Gasteiger partial charge in [0.2, 0.25) is 0 Å². The number of thiophene rings is 1. The maximum Gasteiger partial charge on any atom is 0.310 e. The number of amides is 1. The SMILES string of the molecule is CN(C(=O)COc1ccccc1[N+](=O)[O-])[C@@H](c1cccs1)c1c[nH]c2ccccc12.